The van der Waals surface area contributed by atoms with Gasteiger partial charge in [-0.1, -0.05) is 18.2 Å². The van der Waals surface area contributed by atoms with Crippen LogP contribution in [0.2, 0.25) is 0 Å². The maximum absolute atomic E-state index is 14.1. The third-order valence-corrected chi connectivity index (χ3v) is 3.17. The van der Waals surface area contributed by atoms with Crippen LogP contribution in [0.3, 0.4) is 0 Å². The van der Waals surface area contributed by atoms with Crippen molar-refractivity contribution >= 4 is 11.0 Å². The smallest absolute Gasteiger partial charge is 0.147 e. The van der Waals surface area contributed by atoms with Gasteiger partial charge in [0.1, 0.15) is 12.1 Å². The van der Waals surface area contributed by atoms with Crippen molar-refractivity contribution in [3.05, 3.63) is 60.2 Å². The number of halogens is 1. The summed E-state index contributed by atoms with van der Waals surface area (Å²) in [6.45, 7) is 1.61. The predicted molar refractivity (Wildman–Crippen MR) is 71.7 cm³/mol. The molecule has 0 radical (unpaired) electrons. The van der Waals surface area contributed by atoms with Crippen molar-refractivity contribution in [2.75, 3.05) is 0 Å². The number of aromatic nitrogens is 2. The van der Waals surface area contributed by atoms with Gasteiger partial charge in [-0.25, -0.2) is 9.37 Å². The second-order valence-electron chi connectivity index (χ2n) is 4.49. The average molecular weight is 256 g/mol. The van der Waals surface area contributed by atoms with E-state index in [-0.39, 0.29) is 5.82 Å². The minimum atomic E-state index is -0.678. The highest BCUT2D eigenvalue weighted by Gasteiger charge is 2.10. The van der Waals surface area contributed by atoms with Gasteiger partial charge in [0, 0.05) is 0 Å². The van der Waals surface area contributed by atoms with Gasteiger partial charge in [0.25, 0.3) is 0 Å². The number of imidazole rings is 1. The van der Waals surface area contributed by atoms with Crippen molar-refractivity contribution in [2.24, 2.45) is 0 Å². The molecule has 0 fully saturated rings. The number of aliphatic hydroxyl groups is 1. The summed E-state index contributed by atoms with van der Waals surface area (Å²) in [7, 11) is 0. The maximum Gasteiger partial charge on any atom is 0.147 e. The van der Waals surface area contributed by atoms with Crippen molar-refractivity contribution in [1.82, 2.24) is 9.55 Å². The molecule has 3 nitrogen and oxygen atoms in total. The summed E-state index contributed by atoms with van der Waals surface area (Å²) >= 11 is 0. The Morgan fingerprint density at radius 2 is 2.00 bits per heavy atom. The number of para-hydroxylation sites is 2. The van der Waals surface area contributed by atoms with Gasteiger partial charge in [0.2, 0.25) is 0 Å². The fourth-order valence-electron chi connectivity index (χ4n) is 2.13. The molecule has 1 aromatic heterocycles. The molecule has 19 heavy (non-hydrogen) atoms. The lowest BCUT2D eigenvalue weighted by molar-refractivity contribution is 0.199. The first kappa shape index (κ1) is 11.9. The standard InChI is InChI=1S/C15H13FN2O/c1-10(19)11-6-7-14(12(16)8-11)18-9-17-13-4-2-3-5-15(13)18/h2-10,19H,1H3. The molecule has 1 heterocycles. The molecule has 2 aromatic carbocycles. The molecule has 1 N–H and O–H groups in total. The number of hydrogen-bond acceptors (Lipinski definition) is 2. The summed E-state index contributed by atoms with van der Waals surface area (Å²) < 4.78 is 15.8. The summed E-state index contributed by atoms with van der Waals surface area (Å²) in [6.07, 6.45) is 0.925. The van der Waals surface area contributed by atoms with E-state index in [0.29, 0.717) is 11.3 Å². The molecule has 0 saturated carbocycles. The number of benzene rings is 2. The Hall–Kier alpha value is -2.20. The molecule has 0 aliphatic carbocycles. The predicted octanol–water partition coefficient (Wildman–Crippen LogP) is 3.22. The number of hydrogen-bond donors (Lipinski definition) is 1. The zero-order chi connectivity index (χ0) is 13.4. The van der Waals surface area contributed by atoms with Crippen LogP contribution in [0.1, 0.15) is 18.6 Å². The van der Waals surface area contributed by atoms with E-state index >= 15 is 0 Å². The van der Waals surface area contributed by atoms with Gasteiger partial charge in [-0.15, -0.1) is 0 Å². The van der Waals surface area contributed by atoms with Gasteiger partial charge < -0.3 is 5.11 Å². The summed E-state index contributed by atoms with van der Waals surface area (Å²) in [6, 6.07) is 12.3. The summed E-state index contributed by atoms with van der Waals surface area (Å²) in [5, 5.41) is 9.46. The van der Waals surface area contributed by atoms with E-state index in [0.717, 1.165) is 11.0 Å². The normalized spacial score (nSPS) is 12.8. The highest BCUT2D eigenvalue weighted by Crippen LogP contribution is 2.23. The minimum Gasteiger partial charge on any atom is -0.389 e. The van der Waals surface area contributed by atoms with Crippen LogP contribution in [-0.2, 0) is 0 Å². The lowest BCUT2D eigenvalue weighted by Crippen LogP contribution is -1.99. The molecule has 4 heteroatoms. The molecule has 3 aromatic rings. The van der Waals surface area contributed by atoms with E-state index in [9.17, 15) is 9.50 Å². The zero-order valence-corrected chi connectivity index (χ0v) is 10.4. The molecule has 0 saturated heterocycles. The Balaban J connectivity index is 2.17. The molecule has 0 bridgehead atoms. The second-order valence-corrected chi connectivity index (χ2v) is 4.49. The van der Waals surface area contributed by atoms with E-state index in [2.05, 4.69) is 4.98 Å². The molecular weight excluding hydrogens is 243 g/mol. The highest BCUT2D eigenvalue weighted by atomic mass is 19.1. The molecule has 1 unspecified atom stereocenters. The minimum absolute atomic E-state index is 0.374. The lowest BCUT2D eigenvalue weighted by atomic mass is 10.1. The van der Waals surface area contributed by atoms with Crippen LogP contribution in [-0.4, -0.2) is 14.7 Å². The van der Waals surface area contributed by atoms with E-state index in [1.54, 1.807) is 30.0 Å². The number of fused-ring (bicyclic) bond motifs is 1. The highest BCUT2D eigenvalue weighted by molar-refractivity contribution is 5.77. The molecule has 0 amide bonds. The van der Waals surface area contributed by atoms with Crippen LogP contribution in [0.5, 0.6) is 0 Å². The molecule has 3 rings (SSSR count). The first-order valence-electron chi connectivity index (χ1n) is 6.07. The summed E-state index contributed by atoms with van der Waals surface area (Å²) in [5.74, 6) is -0.374. The van der Waals surface area contributed by atoms with E-state index in [1.807, 2.05) is 24.3 Å². The van der Waals surface area contributed by atoms with Gasteiger partial charge >= 0.3 is 0 Å². The van der Waals surface area contributed by atoms with Crippen molar-refractivity contribution in [3.8, 4) is 5.69 Å². The maximum atomic E-state index is 14.1. The lowest BCUT2D eigenvalue weighted by Gasteiger charge is -2.09. The third kappa shape index (κ3) is 2.00. The van der Waals surface area contributed by atoms with Gasteiger partial charge in [-0.2, -0.15) is 0 Å². The zero-order valence-electron chi connectivity index (χ0n) is 10.4. The molecule has 0 spiro atoms. The number of nitrogens with zero attached hydrogens (tertiary/aromatic N) is 2. The number of rotatable bonds is 2. The molecule has 0 aliphatic rings. The Bertz CT molecular complexity index is 734. The van der Waals surface area contributed by atoms with E-state index < -0.39 is 6.10 Å². The Labute approximate surface area is 109 Å². The van der Waals surface area contributed by atoms with Crippen LogP contribution in [0.4, 0.5) is 4.39 Å². The third-order valence-electron chi connectivity index (χ3n) is 3.17. The van der Waals surface area contributed by atoms with Gasteiger partial charge in [-0.05, 0) is 36.8 Å². The van der Waals surface area contributed by atoms with Gasteiger partial charge in [0.05, 0.1) is 22.8 Å². The number of aliphatic hydroxyl groups excluding tert-OH is 1. The van der Waals surface area contributed by atoms with Gasteiger partial charge in [0.15, 0.2) is 0 Å². The van der Waals surface area contributed by atoms with E-state index in [4.69, 9.17) is 0 Å². The summed E-state index contributed by atoms with van der Waals surface area (Å²) in [4.78, 5) is 4.24. The van der Waals surface area contributed by atoms with Crippen molar-refractivity contribution < 1.29 is 9.50 Å². The van der Waals surface area contributed by atoms with E-state index in [1.165, 1.54) is 6.07 Å². The quantitative estimate of drug-likeness (QED) is 0.764. The van der Waals surface area contributed by atoms with Crippen LogP contribution in [0.15, 0.2) is 48.8 Å². The molecule has 96 valence electrons. The first-order chi connectivity index (χ1) is 9.16. The van der Waals surface area contributed by atoms with Crippen molar-refractivity contribution in [3.63, 3.8) is 0 Å². The topological polar surface area (TPSA) is 38.0 Å². The second kappa shape index (κ2) is 4.48. The van der Waals surface area contributed by atoms with Crippen LogP contribution in [0.25, 0.3) is 16.7 Å². The van der Waals surface area contributed by atoms with Crippen LogP contribution >= 0.6 is 0 Å². The van der Waals surface area contributed by atoms with Crippen LogP contribution in [0, 0.1) is 5.82 Å². The Kier molecular flexibility index (Phi) is 2.80. The largest absolute Gasteiger partial charge is 0.389 e. The molecule has 1 atom stereocenters. The van der Waals surface area contributed by atoms with Crippen LogP contribution < -0.4 is 0 Å². The molecular formula is C15H13FN2O. The monoisotopic (exact) mass is 256 g/mol. The molecule has 0 aliphatic heterocycles. The fraction of sp³-hybridized carbons (Fsp3) is 0.133. The first-order valence-corrected chi connectivity index (χ1v) is 6.07. The van der Waals surface area contributed by atoms with Gasteiger partial charge in [-0.3, -0.25) is 4.57 Å². The summed E-state index contributed by atoms with van der Waals surface area (Å²) in [5.41, 5.74) is 2.66. The Morgan fingerprint density at radius 3 is 2.74 bits per heavy atom. The Morgan fingerprint density at radius 1 is 1.21 bits per heavy atom. The van der Waals surface area contributed by atoms with Crippen molar-refractivity contribution in [1.29, 1.82) is 0 Å². The SMILES string of the molecule is CC(O)c1ccc(-n2cnc3ccccc32)c(F)c1. The average Bonchev–Trinajstić information content (AvgIpc) is 2.82. The fourth-order valence-corrected chi connectivity index (χ4v) is 2.13. The van der Waals surface area contributed by atoms with Crippen molar-refractivity contribution in [2.45, 2.75) is 13.0 Å².